The molecule has 3 rings (SSSR count). The Kier molecular flexibility index (Phi) is 9.91. The number of benzene rings is 2. The van der Waals surface area contributed by atoms with Crippen molar-refractivity contribution in [3.63, 3.8) is 0 Å². The van der Waals surface area contributed by atoms with Crippen LogP contribution in [0.2, 0.25) is 0 Å². The van der Waals surface area contributed by atoms with E-state index in [0.717, 1.165) is 5.75 Å². The molecule has 32 heavy (non-hydrogen) atoms. The van der Waals surface area contributed by atoms with Crippen LogP contribution in [0.5, 0.6) is 11.5 Å². The molecule has 0 spiro atoms. The first-order valence-corrected chi connectivity index (χ1v) is 10.1. The number of nitrogens with one attached hydrogen (secondary N) is 3. The van der Waals surface area contributed by atoms with E-state index in [1.54, 1.807) is 24.3 Å². The molecular formula is C24H28N6O2. The lowest BCUT2D eigenvalue weighted by Crippen LogP contribution is -2.22. The largest absolute Gasteiger partial charge is 0.457 e. The number of rotatable bonds is 9. The summed E-state index contributed by atoms with van der Waals surface area (Å²) < 4.78 is 5.77. The highest BCUT2D eigenvalue weighted by molar-refractivity contribution is 6.16. The number of hydrogen-bond donors (Lipinski definition) is 4. The van der Waals surface area contributed by atoms with Crippen LogP contribution in [0.1, 0.15) is 25.0 Å². The van der Waals surface area contributed by atoms with Crippen molar-refractivity contribution in [3.05, 3.63) is 84.2 Å². The maximum Gasteiger partial charge on any atom is 0.207 e. The van der Waals surface area contributed by atoms with Gasteiger partial charge in [-0.1, -0.05) is 30.4 Å². The third kappa shape index (κ3) is 7.24. The van der Waals surface area contributed by atoms with Crippen LogP contribution in [0.15, 0.2) is 73.1 Å². The van der Waals surface area contributed by atoms with E-state index < -0.39 is 0 Å². The number of amides is 1. The molecule has 0 saturated heterocycles. The summed E-state index contributed by atoms with van der Waals surface area (Å²) >= 11 is 0. The van der Waals surface area contributed by atoms with Crippen molar-refractivity contribution < 1.29 is 9.53 Å². The minimum atomic E-state index is 0.190. The van der Waals surface area contributed by atoms with Crippen LogP contribution >= 0.6 is 0 Å². The van der Waals surface area contributed by atoms with Crippen molar-refractivity contribution in [2.24, 2.45) is 0 Å². The standard InChI is InChI=1S/C20H20N6O2.C4H8/c21-18(17-19(22)25-12-26-20(17)24-11-10-23-13-27)14-6-8-16(9-7-14)28-15-4-2-1-3-5-15;1-3-4-2/h1-9,12-13,21H,10-11H2,(H,23,27)(H3,22,24,25,26);3-4H,1-2H3/b;4-3+. The summed E-state index contributed by atoms with van der Waals surface area (Å²) in [6, 6.07) is 16.6. The zero-order valence-corrected chi connectivity index (χ0v) is 18.2. The van der Waals surface area contributed by atoms with E-state index in [-0.39, 0.29) is 11.5 Å². The topological polar surface area (TPSA) is 126 Å². The maximum absolute atomic E-state index is 10.3. The predicted molar refractivity (Wildman–Crippen MR) is 128 cm³/mol. The Morgan fingerprint density at radius 3 is 2.28 bits per heavy atom. The fourth-order valence-electron chi connectivity index (χ4n) is 2.55. The van der Waals surface area contributed by atoms with Gasteiger partial charge in [0.05, 0.1) is 11.3 Å². The average Bonchev–Trinajstić information content (AvgIpc) is 2.83. The lowest BCUT2D eigenvalue weighted by Gasteiger charge is -2.14. The van der Waals surface area contributed by atoms with E-state index in [2.05, 4.69) is 20.6 Å². The van der Waals surface area contributed by atoms with Gasteiger partial charge in [0.25, 0.3) is 0 Å². The molecule has 0 radical (unpaired) electrons. The normalized spacial score (nSPS) is 10.1. The fraction of sp³-hybridized carbons (Fsp3) is 0.167. The van der Waals surface area contributed by atoms with Crippen molar-refractivity contribution in [1.29, 1.82) is 5.41 Å². The van der Waals surface area contributed by atoms with Crippen molar-refractivity contribution in [2.45, 2.75) is 13.8 Å². The molecular weight excluding hydrogens is 404 g/mol. The summed E-state index contributed by atoms with van der Waals surface area (Å²) in [4.78, 5) is 18.5. The van der Waals surface area contributed by atoms with Gasteiger partial charge in [-0.3, -0.25) is 10.2 Å². The molecule has 1 aromatic heterocycles. The van der Waals surface area contributed by atoms with E-state index in [4.69, 9.17) is 15.9 Å². The van der Waals surface area contributed by atoms with Crippen LogP contribution < -0.4 is 21.1 Å². The lowest BCUT2D eigenvalue weighted by molar-refractivity contribution is -0.109. The molecule has 0 saturated carbocycles. The Morgan fingerprint density at radius 1 is 1.00 bits per heavy atom. The number of para-hydroxylation sites is 1. The molecule has 166 valence electrons. The molecule has 2 aromatic carbocycles. The van der Waals surface area contributed by atoms with Gasteiger partial charge < -0.3 is 21.1 Å². The summed E-state index contributed by atoms with van der Waals surface area (Å²) in [7, 11) is 0. The quantitative estimate of drug-likeness (QED) is 0.175. The van der Waals surface area contributed by atoms with Gasteiger partial charge in [0.2, 0.25) is 6.41 Å². The van der Waals surface area contributed by atoms with Gasteiger partial charge in [-0.25, -0.2) is 9.97 Å². The number of nitrogen functional groups attached to an aromatic ring is 1. The number of carbonyl (C=O) groups excluding carboxylic acids is 1. The second-order valence-electron chi connectivity index (χ2n) is 6.46. The van der Waals surface area contributed by atoms with E-state index in [9.17, 15) is 4.79 Å². The molecule has 0 atom stereocenters. The van der Waals surface area contributed by atoms with Crippen LogP contribution in [-0.2, 0) is 4.79 Å². The van der Waals surface area contributed by atoms with Crippen LogP contribution in [0, 0.1) is 5.41 Å². The molecule has 0 aliphatic heterocycles. The van der Waals surface area contributed by atoms with Gasteiger partial charge in [0, 0.05) is 18.7 Å². The smallest absolute Gasteiger partial charge is 0.207 e. The predicted octanol–water partition coefficient (Wildman–Crippen LogP) is 4.01. The van der Waals surface area contributed by atoms with Gasteiger partial charge in [-0.15, -0.1) is 0 Å². The summed E-state index contributed by atoms with van der Waals surface area (Å²) in [5, 5.41) is 14.2. The molecule has 0 bridgehead atoms. The van der Waals surface area contributed by atoms with Crippen LogP contribution in [-0.4, -0.2) is 35.2 Å². The SMILES string of the molecule is C/C=C/C.N=C(c1ccc(Oc2ccccc2)cc1)c1c(N)ncnc1NCCNC=O. The Hall–Kier alpha value is -4.20. The summed E-state index contributed by atoms with van der Waals surface area (Å²) in [5.74, 6) is 2.05. The maximum atomic E-state index is 10.3. The lowest BCUT2D eigenvalue weighted by atomic mass is 10.0. The summed E-state index contributed by atoms with van der Waals surface area (Å²) in [5.41, 5.74) is 7.24. The Bertz CT molecular complexity index is 1020. The number of carbonyl (C=O) groups is 1. The third-order valence-electron chi connectivity index (χ3n) is 4.23. The molecule has 0 unspecified atom stereocenters. The second kappa shape index (κ2) is 13.2. The van der Waals surface area contributed by atoms with E-state index >= 15 is 0 Å². The van der Waals surface area contributed by atoms with Crippen LogP contribution in [0.3, 0.4) is 0 Å². The Balaban J connectivity index is 0.000000837. The van der Waals surface area contributed by atoms with Gasteiger partial charge in [-0.2, -0.15) is 0 Å². The van der Waals surface area contributed by atoms with Gasteiger partial charge in [-0.05, 0) is 50.2 Å². The van der Waals surface area contributed by atoms with Crippen LogP contribution in [0.25, 0.3) is 0 Å². The Labute approximate surface area is 188 Å². The van der Waals surface area contributed by atoms with E-state index in [1.807, 2.05) is 56.3 Å². The zero-order valence-electron chi connectivity index (χ0n) is 18.2. The number of aromatic nitrogens is 2. The number of hydrogen-bond acceptors (Lipinski definition) is 7. The number of nitrogens with zero attached hydrogens (tertiary/aromatic N) is 2. The average molecular weight is 433 g/mol. The van der Waals surface area contributed by atoms with Crippen molar-refractivity contribution in [1.82, 2.24) is 15.3 Å². The summed E-state index contributed by atoms with van der Waals surface area (Å²) in [6.07, 6.45) is 5.95. The van der Waals surface area contributed by atoms with E-state index in [1.165, 1.54) is 6.33 Å². The second-order valence-corrected chi connectivity index (χ2v) is 6.46. The summed E-state index contributed by atoms with van der Waals surface area (Å²) in [6.45, 7) is 4.87. The molecule has 8 nitrogen and oxygen atoms in total. The fourth-order valence-corrected chi connectivity index (χ4v) is 2.55. The van der Waals surface area contributed by atoms with Gasteiger partial charge in [0.1, 0.15) is 29.5 Å². The molecule has 0 fully saturated rings. The molecule has 0 aliphatic rings. The molecule has 1 amide bonds. The molecule has 3 aromatic rings. The highest BCUT2D eigenvalue weighted by Gasteiger charge is 2.16. The van der Waals surface area contributed by atoms with E-state index in [0.29, 0.717) is 42.2 Å². The van der Waals surface area contributed by atoms with Gasteiger partial charge in [0.15, 0.2) is 0 Å². The number of ether oxygens (including phenoxy) is 1. The van der Waals surface area contributed by atoms with Crippen LogP contribution in [0.4, 0.5) is 11.6 Å². The molecule has 0 aliphatic carbocycles. The first kappa shape index (κ1) is 24.1. The first-order chi connectivity index (χ1) is 15.6. The number of anilines is 2. The van der Waals surface area contributed by atoms with Crippen molar-refractivity contribution >= 4 is 23.8 Å². The Morgan fingerprint density at radius 2 is 1.66 bits per heavy atom. The highest BCUT2D eigenvalue weighted by Crippen LogP contribution is 2.25. The number of nitrogens with two attached hydrogens (primary N) is 1. The molecule has 1 heterocycles. The zero-order chi connectivity index (χ0) is 23.2. The highest BCUT2D eigenvalue weighted by atomic mass is 16.5. The van der Waals surface area contributed by atoms with Crippen molar-refractivity contribution in [2.75, 3.05) is 24.1 Å². The first-order valence-electron chi connectivity index (χ1n) is 10.1. The third-order valence-corrected chi connectivity index (χ3v) is 4.23. The monoisotopic (exact) mass is 432 g/mol. The van der Waals surface area contributed by atoms with Gasteiger partial charge >= 0.3 is 0 Å². The number of allylic oxidation sites excluding steroid dienone is 2. The molecule has 8 heteroatoms. The minimum absolute atomic E-state index is 0.190. The minimum Gasteiger partial charge on any atom is -0.457 e. The molecule has 5 N–H and O–H groups in total. The van der Waals surface area contributed by atoms with Crippen molar-refractivity contribution in [3.8, 4) is 11.5 Å².